The van der Waals surface area contributed by atoms with Crippen molar-refractivity contribution in [2.45, 2.75) is 69.9 Å². The number of carbonyl (C=O) groups excluding carboxylic acids is 2. The van der Waals surface area contributed by atoms with E-state index in [1.807, 2.05) is 51.1 Å². The summed E-state index contributed by atoms with van der Waals surface area (Å²) in [7, 11) is -2.39. The molecule has 0 saturated heterocycles. The summed E-state index contributed by atoms with van der Waals surface area (Å²) in [6.07, 6.45) is 1.19. The smallest absolute Gasteiger partial charge is 0.319 e. The van der Waals surface area contributed by atoms with Gasteiger partial charge in [-0.15, -0.1) is 0 Å². The predicted octanol–water partition coefficient (Wildman–Crippen LogP) is 5.21. The third kappa shape index (κ3) is 12.0. The van der Waals surface area contributed by atoms with Gasteiger partial charge >= 0.3 is 12.0 Å². The maximum absolute atomic E-state index is 13.7. The van der Waals surface area contributed by atoms with Crippen molar-refractivity contribution < 1.29 is 32.6 Å². The molecule has 47 heavy (non-hydrogen) atoms. The number of aliphatic carboxylic acids is 1. The van der Waals surface area contributed by atoms with Gasteiger partial charge in [-0.2, -0.15) is 4.31 Å². The zero-order valence-corrected chi connectivity index (χ0v) is 28.3. The number of amides is 3. The third-order valence-electron chi connectivity index (χ3n) is 7.51. The maximum atomic E-state index is 13.7. The average molecular weight is 667 g/mol. The number of unbranched alkanes of at least 4 members (excludes halogenated alkanes) is 1. The fraction of sp³-hybridized carbons (Fsp3) is 0.400. The van der Waals surface area contributed by atoms with Crippen LogP contribution in [-0.4, -0.2) is 68.0 Å². The van der Waals surface area contributed by atoms with Gasteiger partial charge < -0.3 is 25.8 Å². The monoisotopic (exact) mass is 666 g/mol. The van der Waals surface area contributed by atoms with Gasteiger partial charge in [0.25, 0.3) is 0 Å². The van der Waals surface area contributed by atoms with Gasteiger partial charge in [-0.25, -0.2) is 13.2 Å². The van der Waals surface area contributed by atoms with Crippen molar-refractivity contribution >= 4 is 33.6 Å². The summed E-state index contributed by atoms with van der Waals surface area (Å²) >= 11 is 0. The van der Waals surface area contributed by atoms with E-state index < -0.39 is 34.1 Å². The van der Waals surface area contributed by atoms with E-state index in [2.05, 4.69) is 16.0 Å². The Balaban J connectivity index is 1.63. The van der Waals surface area contributed by atoms with Crippen molar-refractivity contribution in [3.05, 3.63) is 90.0 Å². The summed E-state index contributed by atoms with van der Waals surface area (Å²) in [5.74, 6) is -0.836. The summed E-state index contributed by atoms with van der Waals surface area (Å²) < 4.78 is 33.8. The number of carbonyl (C=O) groups is 3. The molecular weight excluding hydrogens is 620 g/mol. The molecule has 0 saturated carbocycles. The van der Waals surface area contributed by atoms with Gasteiger partial charge in [0, 0.05) is 31.2 Å². The molecule has 0 heterocycles. The predicted molar refractivity (Wildman–Crippen MR) is 182 cm³/mol. The number of sulfonamides is 1. The number of carboxylic acids is 1. The lowest BCUT2D eigenvalue weighted by Crippen LogP contribution is -2.49. The molecule has 0 aliphatic rings. The van der Waals surface area contributed by atoms with Gasteiger partial charge in [0.15, 0.2) is 0 Å². The number of hydrogen-bond donors (Lipinski definition) is 4. The van der Waals surface area contributed by atoms with Crippen LogP contribution in [0.2, 0.25) is 0 Å². The minimum atomic E-state index is -3.94. The first-order valence-corrected chi connectivity index (χ1v) is 17.2. The van der Waals surface area contributed by atoms with E-state index in [1.54, 1.807) is 55.6 Å². The molecule has 0 unspecified atom stereocenters. The molecule has 254 valence electrons. The second kappa shape index (κ2) is 18.1. The number of nitrogens with one attached hydrogen (secondary N) is 3. The number of hydrogen-bond acceptors (Lipinski definition) is 6. The molecule has 3 amide bonds. The van der Waals surface area contributed by atoms with E-state index in [9.17, 15) is 27.9 Å². The van der Waals surface area contributed by atoms with Crippen LogP contribution < -0.4 is 20.7 Å². The second-order valence-corrected chi connectivity index (χ2v) is 13.8. The minimum Gasteiger partial charge on any atom is -0.497 e. The molecule has 11 nitrogen and oxygen atoms in total. The molecule has 12 heteroatoms. The van der Waals surface area contributed by atoms with E-state index in [-0.39, 0.29) is 42.7 Å². The van der Waals surface area contributed by atoms with E-state index in [1.165, 1.54) is 4.31 Å². The van der Waals surface area contributed by atoms with Crippen molar-refractivity contribution in [3.63, 3.8) is 0 Å². The summed E-state index contributed by atoms with van der Waals surface area (Å²) in [6, 6.07) is 20.5. The Morgan fingerprint density at radius 2 is 1.57 bits per heavy atom. The highest BCUT2D eigenvalue weighted by molar-refractivity contribution is 7.89. The number of benzene rings is 3. The molecule has 3 rings (SSSR count). The minimum absolute atomic E-state index is 0.0261. The molecule has 0 radical (unpaired) electrons. The van der Waals surface area contributed by atoms with Gasteiger partial charge in [-0.1, -0.05) is 68.3 Å². The molecular formula is C35H46N4O7S. The number of nitrogens with zero attached hydrogens (tertiary/aromatic N) is 1. The lowest BCUT2D eigenvalue weighted by molar-refractivity contribution is -0.138. The first kappa shape index (κ1) is 37.0. The molecule has 0 aliphatic carbocycles. The van der Waals surface area contributed by atoms with E-state index in [4.69, 9.17) is 4.74 Å². The van der Waals surface area contributed by atoms with Crippen LogP contribution in [-0.2, 0) is 26.0 Å². The van der Waals surface area contributed by atoms with Crippen LogP contribution in [0.4, 0.5) is 10.5 Å². The molecule has 0 aliphatic heterocycles. The van der Waals surface area contributed by atoms with Crippen molar-refractivity contribution in [2.24, 2.45) is 5.92 Å². The lowest BCUT2D eigenvalue weighted by atomic mass is 10.0. The van der Waals surface area contributed by atoms with E-state index in [0.717, 1.165) is 11.1 Å². The molecule has 4 N–H and O–H groups in total. The Kier molecular flexibility index (Phi) is 14.2. The molecule has 3 aromatic rings. The van der Waals surface area contributed by atoms with Crippen LogP contribution in [0.1, 0.15) is 50.7 Å². The number of anilines is 1. The van der Waals surface area contributed by atoms with Crippen LogP contribution in [0.5, 0.6) is 5.75 Å². The normalized spacial score (nSPS) is 12.7. The summed E-state index contributed by atoms with van der Waals surface area (Å²) in [4.78, 5) is 38.0. The van der Waals surface area contributed by atoms with Gasteiger partial charge in [0.1, 0.15) is 11.8 Å². The number of rotatable bonds is 18. The Labute approximate surface area is 277 Å². The fourth-order valence-electron chi connectivity index (χ4n) is 5.10. The fourth-order valence-corrected chi connectivity index (χ4v) is 6.91. The second-order valence-electron chi connectivity index (χ2n) is 11.9. The van der Waals surface area contributed by atoms with Crippen molar-refractivity contribution in [1.82, 2.24) is 14.9 Å². The topological polar surface area (TPSA) is 154 Å². The molecule has 0 spiro atoms. The van der Waals surface area contributed by atoms with E-state index in [0.29, 0.717) is 30.7 Å². The average Bonchev–Trinajstić information content (AvgIpc) is 3.03. The van der Waals surface area contributed by atoms with Crippen LogP contribution in [0.15, 0.2) is 83.8 Å². The SMILES string of the molecule is COc1ccc(NC(=O)N[C@@H](Cc2ccccc2)C(=O)NCCCC[C@@H](CC(=O)O)N(CC(C)C)S(=O)(=O)c2ccc(C)cc2)cc1. The van der Waals surface area contributed by atoms with Gasteiger partial charge in [0.05, 0.1) is 18.4 Å². The Morgan fingerprint density at radius 3 is 2.17 bits per heavy atom. The molecule has 0 fully saturated rings. The van der Waals surface area contributed by atoms with Crippen LogP contribution in [0, 0.1) is 12.8 Å². The lowest BCUT2D eigenvalue weighted by Gasteiger charge is -2.31. The number of ether oxygens (including phenoxy) is 1. The number of aryl methyl sites for hydroxylation is 1. The van der Waals surface area contributed by atoms with Crippen molar-refractivity contribution in [2.75, 3.05) is 25.5 Å². The van der Waals surface area contributed by atoms with Crippen molar-refractivity contribution in [3.8, 4) is 5.75 Å². The summed E-state index contributed by atoms with van der Waals surface area (Å²) in [5.41, 5.74) is 2.32. The van der Waals surface area contributed by atoms with Crippen LogP contribution in [0.3, 0.4) is 0 Å². The zero-order chi connectivity index (χ0) is 34.4. The first-order chi connectivity index (χ1) is 22.4. The highest BCUT2D eigenvalue weighted by Crippen LogP contribution is 2.25. The highest BCUT2D eigenvalue weighted by Gasteiger charge is 2.33. The van der Waals surface area contributed by atoms with Gasteiger partial charge in [0.2, 0.25) is 15.9 Å². The zero-order valence-electron chi connectivity index (χ0n) is 27.4. The summed E-state index contributed by atoms with van der Waals surface area (Å²) in [5, 5.41) is 18.0. The Bertz CT molecular complexity index is 1550. The molecule has 0 aromatic heterocycles. The van der Waals surface area contributed by atoms with Gasteiger partial charge in [-0.05, 0) is 67.6 Å². The van der Waals surface area contributed by atoms with Crippen molar-refractivity contribution in [1.29, 1.82) is 0 Å². The Morgan fingerprint density at radius 1 is 0.915 bits per heavy atom. The highest BCUT2D eigenvalue weighted by atomic mass is 32.2. The maximum Gasteiger partial charge on any atom is 0.319 e. The molecule has 3 aromatic carbocycles. The number of urea groups is 1. The third-order valence-corrected chi connectivity index (χ3v) is 9.44. The standard InChI is InChI=1S/C35H46N4O7S/c1-25(2)24-39(47(44,45)31-19-13-26(3)14-20-31)29(23-33(40)41)12-8-9-21-36-34(42)32(22-27-10-6-5-7-11-27)38-35(43)37-28-15-17-30(46-4)18-16-28/h5-7,10-11,13-20,25,29,32H,8-9,12,21-24H2,1-4H3,(H,36,42)(H,40,41)(H2,37,38,43)/t29-,32-/m0/s1. The largest absolute Gasteiger partial charge is 0.497 e. The first-order valence-electron chi connectivity index (χ1n) is 15.7. The van der Waals surface area contributed by atoms with Gasteiger partial charge in [-0.3, -0.25) is 9.59 Å². The molecule has 0 bridgehead atoms. The van der Waals surface area contributed by atoms with Crippen LogP contribution in [0.25, 0.3) is 0 Å². The summed E-state index contributed by atoms with van der Waals surface area (Å²) in [6.45, 7) is 6.09. The van der Waals surface area contributed by atoms with Crippen LogP contribution >= 0.6 is 0 Å². The number of methoxy groups -OCH3 is 1. The van der Waals surface area contributed by atoms with E-state index >= 15 is 0 Å². The molecule has 2 atom stereocenters. The quantitative estimate of drug-likeness (QED) is 0.136. The number of carboxylic acid groups (broad SMARTS) is 1. The Hall–Kier alpha value is -4.42.